The summed E-state index contributed by atoms with van der Waals surface area (Å²) in [6, 6.07) is 2.19. The Balaban J connectivity index is 1.76. The van der Waals surface area contributed by atoms with Crippen molar-refractivity contribution in [3.8, 4) is 0 Å². The van der Waals surface area contributed by atoms with E-state index in [0.717, 1.165) is 33.8 Å². The number of halogens is 2. The summed E-state index contributed by atoms with van der Waals surface area (Å²) in [6.07, 6.45) is 3.91. The zero-order valence-electron chi connectivity index (χ0n) is 9.84. The molecule has 0 radical (unpaired) electrons. The number of hydrogen-bond donors (Lipinski definition) is 1. The molecule has 1 aromatic rings. The number of rotatable bonds is 5. The van der Waals surface area contributed by atoms with Crippen LogP contribution in [0.3, 0.4) is 0 Å². The molecule has 1 aromatic heterocycles. The molecular weight excluding hydrogens is 277 g/mol. The van der Waals surface area contributed by atoms with Gasteiger partial charge in [0.25, 0.3) is 0 Å². The van der Waals surface area contributed by atoms with Gasteiger partial charge in [0.05, 0.1) is 14.8 Å². The van der Waals surface area contributed by atoms with Gasteiger partial charge in [0, 0.05) is 12.6 Å². The van der Waals surface area contributed by atoms with E-state index in [1.54, 1.807) is 0 Å². The number of ether oxygens (including phenoxy) is 1. The van der Waals surface area contributed by atoms with Crippen LogP contribution in [0.1, 0.15) is 37.8 Å². The Bertz CT molecular complexity index is 363. The lowest BCUT2D eigenvalue weighted by Gasteiger charge is -2.15. The van der Waals surface area contributed by atoms with E-state index >= 15 is 0 Å². The van der Waals surface area contributed by atoms with Gasteiger partial charge in [0.15, 0.2) is 0 Å². The first kappa shape index (κ1) is 13.6. The molecule has 0 aromatic carbocycles. The normalized spacial score (nSPS) is 21.9. The van der Waals surface area contributed by atoms with Crippen LogP contribution in [0.25, 0.3) is 0 Å². The Morgan fingerprint density at radius 2 is 2.41 bits per heavy atom. The number of thiophene rings is 1. The largest absolute Gasteiger partial charge is 0.378 e. The van der Waals surface area contributed by atoms with Crippen LogP contribution in [0.4, 0.5) is 0 Å². The van der Waals surface area contributed by atoms with E-state index in [0.29, 0.717) is 6.10 Å². The molecule has 0 spiro atoms. The van der Waals surface area contributed by atoms with Crippen molar-refractivity contribution in [2.75, 3.05) is 13.2 Å². The summed E-state index contributed by atoms with van der Waals surface area (Å²) in [6.45, 7) is 3.99. The van der Waals surface area contributed by atoms with Crippen molar-refractivity contribution in [2.45, 2.75) is 38.3 Å². The Morgan fingerprint density at radius 1 is 1.59 bits per heavy atom. The molecule has 2 rings (SSSR count). The van der Waals surface area contributed by atoms with Gasteiger partial charge in [-0.15, -0.1) is 11.3 Å². The first-order chi connectivity index (χ1) is 8.16. The van der Waals surface area contributed by atoms with Gasteiger partial charge in [0.2, 0.25) is 0 Å². The van der Waals surface area contributed by atoms with Gasteiger partial charge in [-0.1, -0.05) is 23.2 Å². The highest BCUT2D eigenvalue weighted by molar-refractivity contribution is 7.20. The molecule has 1 aliphatic rings. The van der Waals surface area contributed by atoms with Gasteiger partial charge in [-0.05, 0) is 44.4 Å². The van der Waals surface area contributed by atoms with Crippen LogP contribution in [0.15, 0.2) is 6.07 Å². The van der Waals surface area contributed by atoms with Gasteiger partial charge in [-0.25, -0.2) is 0 Å². The first-order valence-electron chi connectivity index (χ1n) is 5.96. The second kappa shape index (κ2) is 6.39. The molecule has 2 unspecified atom stereocenters. The minimum Gasteiger partial charge on any atom is -0.378 e. The van der Waals surface area contributed by atoms with E-state index in [1.807, 2.05) is 6.07 Å². The highest BCUT2D eigenvalue weighted by atomic mass is 35.5. The molecule has 2 atom stereocenters. The fraction of sp³-hybridized carbons (Fsp3) is 0.667. The van der Waals surface area contributed by atoms with E-state index in [4.69, 9.17) is 27.9 Å². The summed E-state index contributed by atoms with van der Waals surface area (Å²) in [5.74, 6) is 0. The minimum absolute atomic E-state index is 0.243. The van der Waals surface area contributed by atoms with E-state index in [2.05, 4.69) is 12.2 Å². The first-order valence-corrected chi connectivity index (χ1v) is 7.54. The van der Waals surface area contributed by atoms with Crippen LogP contribution in [0, 0.1) is 0 Å². The molecule has 2 heterocycles. The molecule has 0 bridgehead atoms. The second-order valence-electron chi connectivity index (χ2n) is 4.38. The standard InChI is InChI=1S/C12H17Cl2NOS/c1-8(10-7-11(13)17-12(10)14)15-5-4-9-3-2-6-16-9/h7-9,15H,2-6H2,1H3. The lowest BCUT2D eigenvalue weighted by Crippen LogP contribution is -2.23. The minimum atomic E-state index is 0.243. The van der Waals surface area contributed by atoms with Crippen molar-refractivity contribution in [1.29, 1.82) is 0 Å². The maximum absolute atomic E-state index is 6.12. The topological polar surface area (TPSA) is 21.3 Å². The molecular formula is C12H17Cl2NOS. The number of nitrogens with one attached hydrogen (secondary N) is 1. The zero-order valence-corrected chi connectivity index (χ0v) is 12.2. The van der Waals surface area contributed by atoms with Crippen molar-refractivity contribution in [1.82, 2.24) is 5.32 Å². The van der Waals surface area contributed by atoms with Crippen molar-refractivity contribution in [3.63, 3.8) is 0 Å². The van der Waals surface area contributed by atoms with Crippen LogP contribution < -0.4 is 5.32 Å². The van der Waals surface area contributed by atoms with Gasteiger partial charge < -0.3 is 10.1 Å². The maximum Gasteiger partial charge on any atom is 0.0991 e. The molecule has 1 aliphatic heterocycles. The van der Waals surface area contributed by atoms with E-state index in [1.165, 1.54) is 24.2 Å². The lowest BCUT2D eigenvalue weighted by atomic mass is 10.1. The monoisotopic (exact) mass is 293 g/mol. The lowest BCUT2D eigenvalue weighted by molar-refractivity contribution is 0.103. The molecule has 2 nitrogen and oxygen atoms in total. The third-order valence-electron chi connectivity index (χ3n) is 3.09. The molecule has 0 amide bonds. The third-order valence-corrected chi connectivity index (χ3v) is 4.61. The molecule has 0 saturated carbocycles. The third kappa shape index (κ3) is 3.83. The SMILES string of the molecule is CC(NCCC1CCCO1)c1cc(Cl)sc1Cl. The van der Waals surface area contributed by atoms with Crippen molar-refractivity contribution in [2.24, 2.45) is 0 Å². The fourth-order valence-electron chi connectivity index (χ4n) is 2.09. The van der Waals surface area contributed by atoms with Gasteiger partial charge in [-0.3, -0.25) is 0 Å². The summed E-state index contributed by atoms with van der Waals surface area (Å²) in [5.41, 5.74) is 1.09. The predicted octanol–water partition coefficient (Wildman–Crippen LogP) is 4.27. The van der Waals surface area contributed by atoms with Crippen LogP contribution in [0.2, 0.25) is 8.67 Å². The molecule has 17 heavy (non-hydrogen) atoms. The number of hydrogen-bond acceptors (Lipinski definition) is 3. The van der Waals surface area contributed by atoms with E-state index in [-0.39, 0.29) is 6.04 Å². The highest BCUT2D eigenvalue weighted by Crippen LogP contribution is 2.34. The Morgan fingerprint density at radius 3 is 3.00 bits per heavy atom. The van der Waals surface area contributed by atoms with Crippen molar-refractivity contribution >= 4 is 34.5 Å². The van der Waals surface area contributed by atoms with E-state index in [9.17, 15) is 0 Å². The zero-order chi connectivity index (χ0) is 12.3. The average Bonchev–Trinajstić information content (AvgIpc) is 2.88. The van der Waals surface area contributed by atoms with E-state index < -0.39 is 0 Å². The van der Waals surface area contributed by atoms with Gasteiger partial charge >= 0.3 is 0 Å². The molecule has 0 aliphatic carbocycles. The molecule has 1 fully saturated rings. The Hall–Kier alpha value is 0.200. The van der Waals surface area contributed by atoms with Crippen LogP contribution in [-0.2, 0) is 4.74 Å². The van der Waals surface area contributed by atoms with Gasteiger partial charge in [0.1, 0.15) is 0 Å². The highest BCUT2D eigenvalue weighted by Gasteiger charge is 2.16. The van der Waals surface area contributed by atoms with Crippen LogP contribution in [0.5, 0.6) is 0 Å². The fourth-order valence-corrected chi connectivity index (χ4v) is 3.74. The van der Waals surface area contributed by atoms with Crippen LogP contribution >= 0.6 is 34.5 Å². The predicted molar refractivity (Wildman–Crippen MR) is 74.3 cm³/mol. The summed E-state index contributed by atoms with van der Waals surface area (Å²) in [7, 11) is 0. The summed E-state index contributed by atoms with van der Waals surface area (Å²) < 4.78 is 7.12. The summed E-state index contributed by atoms with van der Waals surface area (Å²) >= 11 is 13.5. The van der Waals surface area contributed by atoms with Crippen molar-refractivity contribution < 1.29 is 4.74 Å². The van der Waals surface area contributed by atoms with Crippen LogP contribution in [-0.4, -0.2) is 19.3 Å². The molecule has 1 N–H and O–H groups in total. The van der Waals surface area contributed by atoms with Gasteiger partial charge in [-0.2, -0.15) is 0 Å². The molecule has 1 saturated heterocycles. The molecule has 5 heteroatoms. The smallest absolute Gasteiger partial charge is 0.0991 e. The summed E-state index contributed by atoms with van der Waals surface area (Å²) in [5, 5.41) is 3.46. The average molecular weight is 294 g/mol. The van der Waals surface area contributed by atoms with Crippen molar-refractivity contribution in [3.05, 3.63) is 20.3 Å². The summed E-state index contributed by atoms with van der Waals surface area (Å²) in [4.78, 5) is 0. The quantitative estimate of drug-likeness (QED) is 0.875. The maximum atomic E-state index is 6.12. The Labute approximate surface area is 116 Å². The second-order valence-corrected chi connectivity index (χ2v) is 6.66. The molecule has 96 valence electrons. The Kier molecular flexibility index (Phi) is 5.12.